The summed E-state index contributed by atoms with van der Waals surface area (Å²) in [5.74, 6) is -0.629. The second-order valence-electron chi connectivity index (χ2n) is 7.86. The number of sulfone groups is 1. The van der Waals surface area contributed by atoms with Gasteiger partial charge < -0.3 is 4.74 Å². The molecule has 0 bridgehead atoms. The lowest BCUT2D eigenvalue weighted by Crippen LogP contribution is -2.42. The summed E-state index contributed by atoms with van der Waals surface area (Å²) in [4.78, 5) is 13.4. The van der Waals surface area contributed by atoms with Gasteiger partial charge >= 0.3 is 0 Å². The Morgan fingerprint density at radius 1 is 1.21 bits per heavy atom. The molecule has 0 saturated carbocycles. The largest absolute Gasteiger partial charge is 0.497 e. The molecule has 1 unspecified atom stereocenters. The smallest absolute Gasteiger partial charge is 0.281 e. The van der Waals surface area contributed by atoms with Crippen molar-refractivity contribution in [1.82, 2.24) is 14.1 Å². The van der Waals surface area contributed by atoms with Crippen LogP contribution in [0, 0.1) is 0 Å². The first-order valence-corrected chi connectivity index (χ1v) is 13.9. The highest BCUT2D eigenvalue weighted by Gasteiger charge is 2.50. The number of hydrogen-bond donors (Lipinski definition) is 2. The average molecular weight is 518 g/mol. The summed E-state index contributed by atoms with van der Waals surface area (Å²) in [6.07, 6.45) is -0.650. The Hall–Kier alpha value is -2.03. The molecular weight excluding hydrogens is 490 g/mol. The Morgan fingerprint density at radius 2 is 1.88 bits per heavy atom. The molecule has 0 spiro atoms. The normalized spacial score (nSPS) is 21.5. The van der Waals surface area contributed by atoms with Crippen LogP contribution in [0.4, 0.5) is 0 Å². The molecule has 2 aromatic rings. The summed E-state index contributed by atoms with van der Waals surface area (Å²) >= 11 is 1.22. The molecule has 1 aliphatic rings. The minimum absolute atomic E-state index is 0.0891. The van der Waals surface area contributed by atoms with E-state index >= 15 is 0 Å². The maximum Gasteiger partial charge on any atom is 0.281 e. The molecular formula is C20H27N3O7S3. The van der Waals surface area contributed by atoms with Crippen molar-refractivity contribution in [3.63, 3.8) is 0 Å². The molecule has 1 aromatic carbocycles. The number of nitrogens with one attached hydrogen (secondary N) is 1. The Bertz CT molecular complexity index is 1210. The first kappa shape index (κ1) is 25.6. The number of benzene rings is 1. The number of carbonyl (C=O) groups excluding carboxylic acids is 1. The fourth-order valence-electron chi connectivity index (χ4n) is 3.81. The van der Waals surface area contributed by atoms with Crippen LogP contribution >= 0.6 is 11.3 Å². The summed E-state index contributed by atoms with van der Waals surface area (Å²) in [7, 11) is -3.51. The number of ether oxygens (including phenoxy) is 1. The van der Waals surface area contributed by atoms with Gasteiger partial charge in [0.25, 0.3) is 10.2 Å². The van der Waals surface area contributed by atoms with Crippen molar-refractivity contribution in [2.75, 3.05) is 40.0 Å². The summed E-state index contributed by atoms with van der Waals surface area (Å²) in [6.45, 7) is -0.309. The highest BCUT2D eigenvalue weighted by atomic mass is 32.2. The molecule has 2 heterocycles. The van der Waals surface area contributed by atoms with Crippen LogP contribution in [-0.2, 0) is 29.6 Å². The molecule has 3 rings (SSSR count). The van der Waals surface area contributed by atoms with E-state index in [1.807, 2.05) is 12.1 Å². The van der Waals surface area contributed by atoms with Gasteiger partial charge in [-0.15, -0.1) is 11.3 Å². The monoisotopic (exact) mass is 517 g/mol. The number of rotatable bonds is 7. The van der Waals surface area contributed by atoms with E-state index in [1.165, 1.54) is 30.9 Å². The summed E-state index contributed by atoms with van der Waals surface area (Å²) in [5.41, 5.74) is 2.37. The highest BCUT2D eigenvalue weighted by Crippen LogP contribution is 2.45. The van der Waals surface area contributed by atoms with Crippen molar-refractivity contribution in [2.45, 2.75) is 17.6 Å². The van der Waals surface area contributed by atoms with Crippen LogP contribution in [0.3, 0.4) is 0 Å². The van der Waals surface area contributed by atoms with Crippen LogP contribution in [0.2, 0.25) is 0 Å². The fourth-order valence-corrected chi connectivity index (χ4v) is 8.64. The van der Waals surface area contributed by atoms with Crippen molar-refractivity contribution in [3.05, 3.63) is 41.3 Å². The predicted molar refractivity (Wildman–Crippen MR) is 125 cm³/mol. The maximum absolute atomic E-state index is 13.5. The van der Waals surface area contributed by atoms with Crippen LogP contribution in [0.1, 0.15) is 17.7 Å². The third kappa shape index (κ3) is 4.93. The van der Waals surface area contributed by atoms with Gasteiger partial charge in [0.15, 0.2) is 9.84 Å². The SMILES string of the molecule is COc1ccc(-c2ccc(C3(CC(=O)NO)CCN(S(=O)(=O)N(C)C)CCS3(=O)=O)s2)cc1. The van der Waals surface area contributed by atoms with Gasteiger partial charge in [-0.1, -0.05) is 0 Å². The summed E-state index contributed by atoms with van der Waals surface area (Å²) in [5, 5.41) is 9.14. The van der Waals surface area contributed by atoms with Gasteiger partial charge in [-0.25, -0.2) is 13.9 Å². The number of methoxy groups -OCH3 is 1. The molecule has 2 N–H and O–H groups in total. The molecule has 182 valence electrons. The first-order valence-electron chi connectivity index (χ1n) is 10.0. The average Bonchev–Trinajstić information content (AvgIpc) is 3.23. The number of carbonyl (C=O) groups is 1. The van der Waals surface area contributed by atoms with Crippen molar-refractivity contribution >= 4 is 37.3 Å². The number of amides is 1. The van der Waals surface area contributed by atoms with Crippen molar-refractivity contribution in [3.8, 4) is 16.2 Å². The van der Waals surface area contributed by atoms with E-state index in [-0.39, 0.29) is 19.5 Å². The molecule has 10 nitrogen and oxygen atoms in total. The minimum Gasteiger partial charge on any atom is -0.497 e. The molecule has 0 radical (unpaired) electrons. The van der Waals surface area contributed by atoms with E-state index < -0.39 is 42.9 Å². The van der Waals surface area contributed by atoms with Crippen LogP contribution in [0.15, 0.2) is 36.4 Å². The van der Waals surface area contributed by atoms with Gasteiger partial charge in [0.2, 0.25) is 5.91 Å². The Morgan fingerprint density at radius 3 is 2.45 bits per heavy atom. The molecule has 1 saturated heterocycles. The zero-order chi connectivity index (χ0) is 24.4. The van der Waals surface area contributed by atoms with Crippen LogP contribution in [0.25, 0.3) is 10.4 Å². The van der Waals surface area contributed by atoms with Gasteiger partial charge in [-0.05, 0) is 48.4 Å². The third-order valence-corrected chi connectivity index (χ3v) is 11.6. The predicted octanol–water partition coefficient (Wildman–Crippen LogP) is 1.44. The second kappa shape index (κ2) is 9.68. The Kier molecular flexibility index (Phi) is 7.51. The van der Waals surface area contributed by atoms with Gasteiger partial charge in [0.1, 0.15) is 10.5 Å². The topological polar surface area (TPSA) is 133 Å². The molecule has 1 fully saturated rings. The zero-order valence-electron chi connectivity index (χ0n) is 18.5. The van der Waals surface area contributed by atoms with E-state index in [1.54, 1.807) is 31.4 Å². The van der Waals surface area contributed by atoms with Crippen LogP contribution in [-0.4, -0.2) is 76.6 Å². The standard InChI is InChI=1S/C20H27N3O7S3/c1-22(2)33(28,29)23-11-10-20(14-19(24)21-25,32(26,27)13-12-23)18-9-8-17(31-18)15-4-6-16(30-3)7-5-15/h4-9,25H,10-14H2,1-3H3,(H,21,24). The molecule has 1 aromatic heterocycles. The Balaban J connectivity index is 2.07. The lowest BCUT2D eigenvalue weighted by Gasteiger charge is -2.30. The molecule has 1 amide bonds. The van der Waals surface area contributed by atoms with Crippen molar-refractivity contribution in [2.24, 2.45) is 0 Å². The molecule has 33 heavy (non-hydrogen) atoms. The number of thiophene rings is 1. The number of nitrogens with zero attached hydrogens (tertiary/aromatic N) is 2. The van der Waals surface area contributed by atoms with E-state index in [0.29, 0.717) is 10.6 Å². The fraction of sp³-hybridized carbons (Fsp3) is 0.450. The van der Waals surface area contributed by atoms with E-state index in [9.17, 15) is 21.6 Å². The maximum atomic E-state index is 13.5. The first-order chi connectivity index (χ1) is 15.5. The van der Waals surface area contributed by atoms with Gasteiger partial charge in [0, 0.05) is 36.9 Å². The van der Waals surface area contributed by atoms with E-state index in [2.05, 4.69) is 0 Å². The lowest BCUT2D eigenvalue weighted by molar-refractivity contribution is -0.129. The zero-order valence-corrected chi connectivity index (χ0v) is 21.0. The van der Waals surface area contributed by atoms with E-state index in [0.717, 1.165) is 19.1 Å². The van der Waals surface area contributed by atoms with Gasteiger partial charge in [0.05, 0.1) is 19.3 Å². The van der Waals surface area contributed by atoms with Crippen molar-refractivity contribution in [1.29, 1.82) is 0 Å². The summed E-state index contributed by atoms with van der Waals surface area (Å²) in [6, 6.07) is 10.7. The molecule has 13 heteroatoms. The van der Waals surface area contributed by atoms with Crippen molar-refractivity contribution < 1.29 is 31.6 Å². The molecule has 0 aliphatic carbocycles. The summed E-state index contributed by atoms with van der Waals surface area (Å²) < 4.78 is 58.0. The van der Waals surface area contributed by atoms with Gasteiger partial charge in [-0.2, -0.15) is 17.0 Å². The highest BCUT2D eigenvalue weighted by molar-refractivity contribution is 7.92. The van der Waals surface area contributed by atoms with Crippen LogP contribution < -0.4 is 10.2 Å². The number of hydroxylamine groups is 1. The number of hydrogen-bond acceptors (Lipinski definition) is 8. The second-order valence-corrected chi connectivity index (χ2v) is 13.5. The minimum atomic E-state index is -3.98. The lowest BCUT2D eigenvalue weighted by atomic mass is 9.97. The van der Waals surface area contributed by atoms with Crippen LogP contribution in [0.5, 0.6) is 5.75 Å². The Labute approximate surface area is 197 Å². The molecule has 1 atom stereocenters. The quantitative estimate of drug-likeness (QED) is 0.419. The van der Waals surface area contributed by atoms with Gasteiger partial charge in [-0.3, -0.25) is 10.0 Å². The van der Waals surface area contributed by atoms with E-state index in [4.69, 9.17) is 9.94 Å². The third-order valence-electron chi connectivity index (χ3n) is 5.76. The molecule has 1 aliphatic heterocycles.